The van der Waals surface area contributed by atoms with Crippen LogP contribution in [0.1, 0.15) is 5.69 Å². The summed E-state index contributed by atoms with van der Waals surface area (Å²) in [6.45, 7) is -0.472. The first kappa shape index (κ1) is 11.0. The fourth-order valence-electron chi connectivity index (χ4n) is 0.800. The maximum Gasteiger partial charge on any atom is 0.344 e. The van der Waals surface area contributed by atoms with Crippen LogP contribution in [0.4, 0.5) is 0 Å². The van der Waals surface area contributed by atoms with E-state index in [1.807, 2.05) is 0 Å². The molecule has 1 rings (SSSR count). The minimum atomic E-state index is -1.08. The minimum Gasteiger partial charge on any atom is -0.481 e. The predicted octanol–water partition coefficient (Wildman–Crippen LogP) is 0.525. The van der Waals surface area contributed by atoms with Crippen molar-refractivity contribution >= 4 is 12.2 Å². The highest BCUT2D eigenvalue weighted by Crippen LogP contribution is 2.04. The van der Waals surface area contributed by atoms with Gasteiger partial charge in [0.1, 0.15) is 0 Å². The SMILES string of the molecule is COc1cccc(/C=N/OCC(=O)O)n1. The van der Waals surface area contributed by atoms with Gasteiger partial charge in [0.2, 0.25) is 12.5 Å². The second kappa shape index (κ2) is 5.58. The van der Waals surface area contributed by atoms with Crippen LogP contribution in [-0.4, -0.2) is 36.0 Å². The summed E-state index contributed by atoms with van der Waals surface area (Å²) in [5.74, 6) is -0.622. The molecule has 1 heterocycles. The van der Waals surface area contributed by atoms with Gasteiger partial charge >= 0.3 is 5.97 Å². The molecule has 0 aliphatic carbocycles. The number of carbonyl (C=O) groups is 1. The van der Waals surface area contributed by atoms with Crippen LogP contribution in [-0.2, 0) is 9.63 Å². The van der Waals surface area contributed by atoms with Gasteiger partial charge in [-0.25, -0.2) is 9.78 Å². The number of hydrogen-bond donors (Lipinski definition) is 1. The van der Waals surface area contributed by atoms with Crippen molar-refractivity contribution in [1.82, 2.24) is 4.98 Å². The molecule has 0 unspecified atom stereocenters. The van der Waals surface area contributed by atoms with E-state index in [1.165, 1.54) is 13.3 Å². The molecular weight excluding hydrogens is 200 g/mol. The molecule has 80 valence electrons. The van der Waals surface area contributed by atoms with Crippen LogP contribution in [0.25, 0.3) is 0 Å². The number of hydrogen-bond acceptors (Lipinski definition) is 5. The van der Waals surface area contributed by atoms with E-state index in [2.05, 4.69) is 15.0 Å². The maximum absolute atomic E-state index is 10.1. The second-order valence-electron chi connectivity index (χ2n) is 2.51. The summed E-state index contributed by atoms with van der Waals surface area (Å²) < 4.78 is 4.89. The first-order valence-corrected chi connectivity index (χ1v) is 4.10. The van der Waals surface area contributed by atoms with E-state index in [0.29, 0.717) is 11.6 Å². The van der Waals surface area contributed by atoms with Gasteiger partial charge in [-0.05, 0) is 6.07 Å². The lowest BCUT2D eigenvalue weighted by atomic mass is 10.4. The molecular formula is C9H10N2O4. The van der Waals surface area contributed by atoms with Crippen LogP contribution in [0.5, 0.6) is 5.88 Å². The number of carboxylic acids is 1. The Balaban J connectivity index is 2.52. The van der Waals surface area contributed by atoms with E-state index < -0.39 is 12.6 Å². The van der Waals surface area contributed by atoms with Gasteiger partial charge < -0.3 is 14.7 Å². The van der Waals surface area contributed by atoms with Crippen molar-refractivity contribution in [2.24, 2.45) is 5.16 Å². The lowest BCUT2D eigenvalue weighted by Crippen LogP contribution is -2.03. The van der Waals surface area contributed by atoms with E-state index >= 15 is 0 Å². The number of nitrogens with zero attached hydrogens (tertiary/aromatic N) is 2. The van der Waals surface area contributed by atoms with Crippen LogP contribution in [0.3, 0.4) is 0 Å². The van der Waals surface area contributed by atoms with Crippen molar-refractivity contribution in [3.8, 4) is 5.88 Å². The Morgan fingerprint density at radius 2 is 2.47 bits per heavy atom. The van der Waals surface area contributed by atoms with Gasteiger partial charge in [-0.15, -0.1) is 0 Å². The molecule has 1 aromatic rings. The highest BCUT2D eigenvalue weighted by molar-refractivity contribution is 5.76. The molecule has 0 radical (unpaired) electrons. The first-order valence-electron chi connectivity index (χ1n) is 4.10. The van der Waals surface area contributed by atoms with Crippen LogP contribution in [0, 0.1) is 0 Å². The van der Waals surface area contributed by atoms with E-state index in [1.54, 1.807) is 18.2 Å². The van der Waals surface area contributed by atoms with Crippen molar-refractivity contribution in [3.63, 3.8) is 0 Å². The van der Waals surface area contributed by atoms with Crippen molar-refractivity contribution in [1.29, 1.82) is 0 Å². The quantitative estimate of drug-likeness (QED) is 0.566. The number of ether oxygens (including phenoxy) is 1. The molecule has 0 saturated carbocycles. The average Bonchev–Trinajstić information content (AvgIpc) is 2.24. The highest BCUT2D eigenvalue weighted by atomic mass is 16.6. The van der Waals surface area contributed by atoms with Crippen LogP contribution < -0.4 is 4.74 Å². The Morgan fingerprint density at radius 3 is 3.13 bits per heavy atom. The van der Waals surface area contributed by atoms with Crippen molar-refractivity contribution in [3.05, 3.63) is 23.9 Å². The van der Waals surface area contributed by atoms with E-state index in [-0.39, 0.29) is 0 Å². The number of rotatable bonds is 5. The molecule has 0 atom stereocenters. The standard InChI is InChI=1S/C9H10N2O4/c1-14-8-4-2-3-7(11-8)5-10-15-6-9(12)13/h2-5H,6H2,1H3,(H,12,13)/b10-5+. The molecule has 6 nitrogen and oxygen atoms in total. The zero-order valence-electron chi connectivity index (χ0n) is 8.08. The number of oxime groups is 1. The largest absolute Gasteiger partial charge is 0.481 e. The minimum absolute atomic E-state index is 0.456. The molecule has 1 N–H and O–H groups in total. The van der Waals surface area contributed by atoms with Crippen molar-refractivity contribution < 1.29 is 19.5 Å². The van der Waals surface area contributed by atoms with Gasteiger partial charge in [-0.2, -0.15) is 0 Å². The summed E-state index contributed by atoms with van der Waals surface area (Å²) in [4.78, 5) is 18.5. The normalized spacial score (nSPS) is 10.2. The molecule has 6 heteroatoms. The Labute approximate surface area is 86.1 Å². The summed E-state index contributed by atoms with van der Waals surface area (Å²) in [7, 11) is 1.50. The monoisotopic (exact) mass is 210 g/mol. The molecule has 0 aromatic carbocycles. The van der Waals surface area contributed by atoms with Gasteiger partial charge in [-0.1, -0.05) is 11.2 Å². The molecule has 0 aliphatic rings. The van der Waals surface area contributed by atoms with Crippen LogP contribution >= 0.6 is 0 Å². The first-order chi connectivity index (χ1) is 7.22. The molecule has 0 aliphatic heterocycles. The van der Waals surface area contributed by atoms with Gasteiger partial charge in [0, 0.05) is 6.07 Å². The molecule has 0 spiro atoms. The summed E-state index contributed by atoms with van der Waals surface area (Å²) in [6, 6.07) is 5.12. The summed E-state index contributed by atoms with van der Waals surface area (Å²) in [6.07, 6.45) is 1.31. The van der Waals surface area contributed by atoms with E-state index in [4.69, 9.17) is 9.84 Å². The third-order valence-corrected chi connectivity index (χ3v) is 1.40. The predicted molar refractivity (Wildman–Crippen MR) is 52.0 cm³/mol. The summed E-state index contributed by atoms with van der Waals surface area (Å²) in [5.41, 5.74) is 0.528. The van der Waals surface area contributed by atoms with Gasteiger partial charge in [0.05, 0.1) is 19.0 Å². The Hall–Kier alpha value is -2.11. The molecule has 1 aromatic heterocycles. The van der Waals surface area contributed by atoms with E-state index in [0.717, 1.165) is 0 Å². The average molecular weight is 210 g/mol. The van der Waals surface area contributed by atoms with Crippen molar-refractivity contribution in [2.45, 2.75) is 0 Å². The number of aromatic nitrogens is 1. The van der Waals surface area contributed by atoms with Crippen molar-refractivity contribution in [2.75, 3.05) is 13.7 Å². The topological polar surface area (TPSA) is 81.0 Å². The van der Waals surface area contributed by atoms with Gasteiger partial charge in [0.25, 0.3) is 0 Å². The zero-order valence-corrected chi connectivity index (χ0v) is 8.08. The maximum atomic E-state index is 10.1. The van der Waals surface area contributed by atoms with E-state index in [9.17, 15) is 4.79 Å². The number of pyridine rings is 1. The summed E-state index contributed by atoms with van der Waals surface area (Å²) >= 11 is 0. The van der Waals surface area contributed by atoms with Crippen LogP contribution in [0.2, 0.25) is 0 Å². The fraction of sp³-hybridized carbons (Fsp3) is 0.222. The molecule has 0 saturated heterocycles. The second-order valence-corrected chi connectivity index (χ2v) is 2.51. The molecule has 15 heavy (non-hydrogen) atoms. The Bertz CT molecular complexity index is 365. The molecule has 0 fully saturated rings. The third kappa shape index (κ3) is 4.08. The Kier molecular flexibility index (Phi) is 4.08. The van der Waals surface area contributed by atoms with Gasteiger partial charge in [0.15, 0.2) is 0 Å². The van der Waals surface area contributed by atoms with Crippen LogP contribution in [0.15, 0.2) is 23.4 Å². The molecule has 0 amide bonds. The third-order valence-electron chi connectivity index (χ3n) is 1.40. The number of carboxylic acid groups (broad SMARTS) is 1. The fourth-order valence-corrected chi connectivity index (χ4v) is 0.800. The highest BCUT2D eigenvalue weighted by Gasteiger charge is 1.95. The summed E-state index contributed by atoms with van der Waals surface area (Å²) in [5, 5.41) is 11.7. The lowest BCUT2D eigenvalue weighted by molar-refractivity contribution is -0.142. The Morgan fingerprint density at radius 1 is 1.67 bits per heavy atom. The zero-order chi connectivity index (χ0) is 11.1. The number of aliphatic carboxylic acids is 1. The smallest absolute Gasteiger partial charge is 0.344 e. The molecule has 0 bridgehead atoms. The van der Waals surface area contributed by atoms with Gasteiger partial charge in [-0.3, -0.25) is 0 Å². The lowest BCUT2D eigenvalue weighted by Gasteiger charge is -1.98. The number of methoxy groups -OCH3 is 1.